The summed E-state index contributed by atoms with van der Waals surface area (Å²) in [6.07, 6.45) is 0. The molecular formula is C11H6Cl2N2O. The Hall–Kier alpha value is -1.32. The summed E-state index contributed by atoms with van der Waals surface area (Å²) in [7, 11) is 0. The van der Waals surface area contributed by atoms with Crippen molar-refractivity contribution in [3.05, 3.63) is 34.2 Å². The molecule has 5 heteroatoms. The number of nitrogens with zero attached hydrogens (tertiary/aromatic N) is 2. The molecule has 16 heavy (non-hydrogen) atoms. The number of benzene rings is 1. The Morgan fingerprint density at radius 1 is 1.19 bits per heavy atom. The summed E-state index contributed by atoms with van der Waals surface area (Å²) in [5, 5.41) is 1.59. The Bertz CT molecular complexity index is 706. The lowest BCUT2D eigenvalue weighted by Crippen LogP contribution is -1.86. The van der Waals surface area contributed by atoms with E-state index in [9.17, 15) is 0 Å². The van der Waals surface area contributed by atoms with Crippen LogP contribution < -0.4 is 0 Å². The van der Waals surface area contributed by atoms with Crippen LogP contribution in [-0.4, -0.2) is 9.97 Å². The highest BCUT2D eigenvalue weighted by atomic mass is 35.5. The lowest BCUT2D eigenvalue weighted by atomic mass is 10.2. The number of halogens is 2. The molecule has 0 fully saturated rings. The van der Waals surface area contributed by atoms with Gasteiger partial charge in [0.25, 0.3) is 0 Å². The minimum Gasteiger partial charge on any atom is -0.452 e. The standard InChI is InChI=1S/C11H6Cl2N2O/c1-5-10-9(15-11(13)14-5)8-6(12)3-2-4-7(8)16-10/h2-4H,1H3. The van der Waals surface area contributed by atoms with E-state index in [1.54, 1.807) is 6.07 Å². The monoisotopic (exact) mass is 252 g/mol. The number of hydrogen-bond donors (Lipinski definition) is 0. The van der Waals surface area contributed by atoms with Crippen LogP contribution in [-0.2, 0) is 0 Å². The Labute approximate surface area is 101 Å². The maximum Gasteiger partial charge on any atom is 0.223 e. The first-order valence-electron chi connectivity index (χ1n) is 4.67. The summed E-state index contributed by atoms with van der Waals surface area (Å²) in [5.74, 6) is 0. The number of aryl methyl sites for hydroxylation is 1. The van der Waals surface area contributed by atoms with Crippen molar-refractivity contribution in [2.75, 3.05) is 0 Å². The van der Waals surface area contributed by atoms with E-state index in [4.69, 9.17) is 27.6 Å². The lowest BCUT2D eigenvalue weighted by Gasteiger charge is -1.94. The molecule has 80 valence electrons. The summed E-state index contributed by atoms with van der Waals surface area (Å²) in [6, 6.07) is 5.47. The Morgan fingerprint density at radius 3 is 2.81 bits per heavy atom. The molecule has 0 saturated heterocycles. The van der Waals surface area contributed by atoms with Gasteiger partial charge in [-0.15, -0.1) is 0 Å². The number of fused-ring (bicyclic) bond motifs is 3. The van der Waals surface area contributed by atoms with E-state index < -0.39 is 0 Å². The smallest absolute Gasteiger partial charge is 0.223 e. The van der Waals surface area contributed by atoms with E-state index in [0.29, 0.717) is 27.4 Å². The molecule has 0 amide bonds. The molecule has 0 unspecified atom stereocenters. The Kier molecular flexibility index (Phi) is 2.06. The zero-order valence-electron chi connectivity index (χ0n) is 8.29. The van der Waals surface area contributed by atoms with E-state index in [2.05, 4.69) is 9.97 Å². The predicted molar refractivity (Wildman–Crippen MR) is 64.1 cm³/mol. The third-order valence-corrected chi connectivity index (χ3v) is 2.92. The van der Waals surface area contributed by atoms with Crippen molar-refractivity contribution in [2.45, 2.75) is 6.92 Å². The second-order valence-electron chi connectivity index (χ2n) is 3.47. The molecule has 2 heterocycles. The topological polar surface area (TPSA) is 38.9 Å². The van der Waals surface area contributed by atoms with Crippen molar-refractivity contribution in [3.63, 3.8) is 0 Å². The molecule has 2 aromatic heterocycles. The van der Waals surface area contributed by atoms with Crippen LogP contribution in [0.4, 0.5) is 0 Å². The van der Waals surface area contributed by atoms with Gasteiger partial charge in [-0.3, -0.25) is 0 Å². The Morgan fingerprint density at radius 2 is 2.00 bits per heavy atom. The van der Waals surface area contributed by atoms with Crippen LogP contribution in [0.2, 0.25) is 10.3 Å². The quantitative estimate of drug-likeness (QED) is 0.568. The molecule has 0 radical (unpaired) electrons. The highest BCUT2D eigenvalue weighted by Crippen LogP contribution is 2.33. The van der Waals surface area contributed by atoms with Crippen molar-refractivity contribution in [3.8, 4) is 0 Å². The molecule has 3 rings (SSSR count). The Balaban J connectivity index is 2.63. The SMILES string of the molecule is Cc1nc(Cl)nc2c1oc1cccc(Cl)c12. The molecule has 0 aliphatic heterocycles. The van der Waals surface area contributed by atoms with Gasteiger partial charge in [0, 0.05) is 0 Å². The van der Waals surface area contributed by atoms with Gasteiger partial charge in [0.05, 0.1) is 16.1 Å². The molecule has 0 aliphatic rings. The van der Waals surface area contributed by atoms with Crippen molar-refractivity contribution in [1.82, 2.24) is 9.97 Å². The summed E-state index contributed by atoms with van der Waals surface area (Å²) < 4.78 is 5.65. The van der Waals surface area contributed by atoms with Crippen LogP contribution in [0.1, 0.15) is 5.69 Å². The average Bonchev–Trinajstić information content (AvgIpc) is 2.58. The van der Waals surface area contributed by atoms with Gasteiger partial charge in [0.2, 0.25) is 5.28 Å². The molecule has 3 aromatic rings. The number of furan rings is 1. The molecule has 0 spiro atoms. The molecular weight excluding hydrogens is 247 g/mol. The highest BCUT2D eigenvalue weighted by molar-refractivity contribution is 6.37. The van der Waals surface area contributed by atoms with Crippen LogP contribution in [0.3, 0.4) is 0 Å². The first-order valence-corrected chi connectivity index (χ1v) is 5.43. The third kappa shape index (κ3) is 1.29. The van der Waals surface area contributed by atoms with Crippen molar-refractivity contribution >= 4 is 45.3 Å². The fourth-order valence-corrected chi connectivity index (χ4v) is 2.22. The molecule has 0 bridgehead atoms. The van der Waals surface area contributed by atoms with Crippen LogP contribution in [0.5, 0.6) is 0 Å². The summed E-state index contributed by atoms with van der Waals surface area (Å²) >= 11 is 11.9. The first kappa shape index (κ1) is 9.87. The molecule has 0 saturated carbocycles. The maximum absolute atomic E-state index is 6.12. The fraction of sp³-hybridized carbons (Fsp3) is 0.0909. The summed E-state index contributed by atoms with van der Waals surface area (Å²) in [5.41, 5.74) is 2.70. The van der Waals surface area contributed by atoms with Crippen molar-refractivity contribution < 1.29 is 4.42 Å². The van der Waals surface area contributed by atoms with E-state index in [1.165, 1.54) is 0 Å². The minimum absolute atomic E-state index is 0.201. The zero-order valence-corrected chi connectivity index (χ0v) is 9.80. The van der Waals surface area contributed by atoms with Gasteiger partial charge in [-0.2, -0.15) is 0 Å². The number of aromatic nitrogens is 2. The van der Waals surface area contributed by atoms with Crippen LogP contribution >= 0.6 is 23.2 Å². The van der Waals surface area contributed by atoms with Gasteiger partial charge in [0.1, 0.15) is 11.1 Å². The normalized spacial score (nSPS) is 11.4. The van der Waals surface area contributed by atoms with Crippen LogP contribution in [0.15, 0.2) is 22.6 Å². The lowest BCUT2D eigenvalue weighted by molar-refractivity contribution is 0.661. The fourth-order valence-electron chi connectivity index (χ4n) is 1.75. The van der Waals surface area contributed by atoms with Crippen molar-refractivity contribution in [1.29, 1.82) is 0 Å². The largest absolute Gasteiger partial charge is 0.452 e. The van der Waals surface area contributed by atoms with E-state index in [1.807, 2.05) is 19.1 Å². The second-order valence-corrected chi connectivity index (χ2v) is 4.22. The van der Waals surface area contributed by atoms with Crippen LogP contribution in [0.25, 0.3) is 22.1 Å². The average molecular weight is 253 g/mol. The summed E-state index contributed by atoms with van der Waals surface area (Å²) in [4.78, 5) is 8.21. The zero-order chi connectivity index (χ0) is 11.3. The maximum atomic E-state index is 6.12. The summed E-state index contributed by atoms with van der Waals surface area (Å²) in [6.45, 7) is 1.83. The molecule has 0 atom stereocenters. The molecule has 1 aromatic carbocycles. The van der Waals surface area contributed by atoms with Gasteiger partial charge in [0.15, 0.2) is 5.58 Å². The van der Waals surface area contributed by atoms with Gasteiger partial charge in [-0.1, -0.05) is 17.7 Å². The number of rotatable bonds is 0. The molecule has 0 aliphatic carbocycles. The van der Waals surface area contributed by atoms with Crippen LogP contribution in [0, 0.1) is 6.92 Å². The van der Waals surface area contributed by atoms with E-state index >= 15 is 0 Å². The molecule has 3 nitrogen and oxygen atoms in total. The van der Waals surface area contributed by atoms with Gasteiger partial charge in [-0.05, 0) is 30.7 Å². The van der Waals surface area contributed by atoms with E-state index in [0.717, 1.165) is 5.39 Å². The van der Waals surface area contributed by atoms with Gasteiger partial charge in [-0.25, -0.2) is 9.97 Å². The molecule has 0 N–H and O–H groups in total. The first-order chi connectivity index (χ1) is 7.66. The third-order valence-electron chi connectivity index (χ3n) is 2.43. The van der Waals surface area contributed by atoms with Crippen molar-refractivity contribution in [2.24, 2.45) is 0 Å². The highest BCUT2D eigenvalue weighted by Gasteiger charge is 2.14. The second kappa shape index (κ2) is 3.34. The van der Waals surface area contributed by atoms with Gasteiger partial charge < -0.3 is 4.42 Å². The number of hydrogen-bond acceptors (Lipinski definition) is 3. The van der Waals surface area contributed by atoms with Gasteiger partial charge >= 0.3 is 0 Å². The predicted octanol–water partition coefficient (Wildman–Crippen LogP) is 3.99. The van der Waals surface area contributed by atoms with E-state index in [-0.39, 0.29) is 5.28 Å². The minimum atomic E-state index is 0.201.